The van der Waals surface area contributed by atoms with E-state index in [9.17, 15) is 4.79 Å². The Bertz CT molecular complexity index is 760. The standard InChI is InChI=1S/C21H16F2O/c22-21(23,20(24)18-14-8-3-9-15-18)19(16-10-4-1-5-11-16)17-12-6-2-7-13-17/h1-15,19H. The van der Waals surface area contributed by atoms with Crippen molar-refractivity contribution in [3.8, 4) is 0 Å². The van der Waals surface area contributed by atoms with Crippen LogP contribution in [0.1, 0.15) is 27.4 Å². The number of Topliss-reactive ketones (excluding diaryl/α,β-unsaturated/α-hetero) is 1. The van der Waals surface area contributed by atoms with E-state index in [4.69, 9.17) is 0 Å². The molecule has 0 atom stereocenters. The van der Waals surface area contributed by atoms with Gasteiger partial charge in [-0.2, -0.15) is 8.78 Å². The molecule has 3 rings (SSSR count). The molecule has 0 amide bonds. The van der Waals surface area contributed by atoms with Gasteiger partial charge in [-0.05, 0) is 11.1 Å². The monoisotopic (exact) mass is 322 g/mol. The smallest absolute Gasteiger partial charge is 0.287 e. The first-order chi connectivity index (χ1) is 11.6. The van der Waals surface area contributed by atoms with Crippen molar-refractivity contribution in [1.82, 2.24) is 0 Å². The normalized spacial score (nSPS) is 11.5. The van der Waals surface area contributed by atoms with Gasteiger partial charge in [0.15, 0.2) is 0 Å². The van der Waals surface area contributed by atoms with Gasteiger partial charge in [-0.1, -0.05) is 91.0 Å². The van der Waals surface area contributed by atoms with E-state index in [-0.39, 0.29) is 5.56 Å². The van der Waals surface area contributed by atoms with E-state index in [2.05, 4.69) is 0 Å². The lowest BCUT2D eigenvalue weighted by atomic mass is 9.82. The molecule has 24 heavy (non-hydrogen) atoms. The molecule has 0 radical (unpaired) electrons. The van der Waals surface area contributed by atoms with Gasteiger partial charge in [0.2, 0.25) is 5.78 Å². The summed E-state index contributed by atoms with van der Waals surface area (Å²) in [6, 6.07) is 24.6. The summed E-state index contributed by atoms with van der Waals surface area (Å²) in [5.74, 6) is -6.04. The van der Waals surface area contributed by atoms with Crippen LogP contribution < -0.4 is 0 Å². The number of carbonyl (C=O) groups is 1. The first kappa shape index (κ1) is 16.1. The predicted molar refractivity (Wildman–Crippen MR) is 90.4 cm³/mol. The van der Waals surface area contributed by atoms with Crippen molar-refractivity contribution in [1.29, 1.82) is 0 Å². The van der Waals surface area contributed by atoms with Gasteiger partial charge >= 0.3 is 5.92 Å². The summed E-state index contributed by atoms with van der Waals surface area (Å²) in [7, 11) is 0. The molecule has 0 unspecified atom stereocenters. The SMILES string of the molecule is O=C(c1ccccc1)C(F)(F)C(c1ccccc1)c1ccccc1. The first-order valence-electron chi connectivity index (χ1n) is 7.68. The van der Waals surface area contributed by atoms with Gasteiger partial charge in [-0.15, -0.1) is 0 Å². The van der Waals surface area contributed by atoms with E-state index in [1.807, 2.05) is 0 Å². The highest BCUT2D eigenvalue weighted by Gasteiger charge is 2.48. The lowest BCUT2D eigenvalue weighted by molar-refractivity contribution is -0.000299. The second kappa shape index (κ2) is 6.75. The number of ketones is 1. The number of benzene rings is 3. The van der Waals surface area contributed by atoms with Crippen molar-refractivity contribution >= 4 is 5.78 Å². The van der Waals surface area contributed by atoms with Gasteiger partial charge in [0.25, 0.3) is 0 Å². The zero-order valence-corrected chi connectivity index (χ0v) is 12.9. The van der Waals surface area contributed by atoms with E-state index in [0.29, 0.717) is 11.1 Å². The Morgan fingerprint density at radius 1 is 0.667 bits per heavy atom. The van der Waals surface area contributed by atoms with Crippen LogP contribution in [0, 0.1) is 0 Å². The van der Waals surface area contributed by atoms with Crippen LogP contribution in [-0.2, 0) is 0 Å². The molecule has 0 aliphatic heterocycles. The largest absolute Gasteiger partial charge is 0.320 e. The fourth-order valence-electron chi connectivity index (χ4n) is 2.82. The van der Waals surface area contributed by atoms with Crippen LogP contribution in [-0.4, -0.2) is 11.7 Å². The average Bonchev–Trinajstić information content (AvgIpc) is 2.63. The van der Waals surface area contributed by atoms with Crippen molar-refractivity contribution in [2.75, 3.05) is 0 Å². The van der Waals surface area contributed by atoms with Crippen LogP contribution in [0.4, 0.5) is 8.78 Å². The van der Waals surface area contributed by atoms with Gasteiger partial charge in [0.1, 0.15) is 0 Å². The predicted octanol–water partition coefficient (Wildman–Crippen LogP) is 5.34. The molecule has 0 spiro atoms. The van der Waals surface area contributed by atoms with Crippen LogP contribution in [0.2, 0.25) is 0 Å². The summed E-state index contributed by atoms with van der Waals surface area (Å²) in [6.45, 7) is 0. The van der Waals surface area contributed by atoms with E-state index in [1.165, 1.54) is 12.1 Å². The molecule has 0 fully saturated rings. The Labute approximate surface area is 139 Å². The maximum Gasteiger partial charge on any atom is 0.320 e. The van der Waals surface area contributed by atoms with Crippen molar-refractivity contribution in [2.45, 2.75) is 11.8 Å². The summed E-state index contributed by atoms with van der Waals surface area (Å²) >= 11 is 0. The van der Waals surface area contributed by atoms with Crippen LogP contribution in [0.3, 0.4) is 0 Å². The molecule has 0 saturated heterocycles. The summed E-state index contributed by atoms with van der Waals surface area (Å²) in [5.41, 5.74) is 0.843. The molecule has 0 N–H and O–H groups in total. The molecule has 3 heteroatoms. The third-order valence-corrected chi connectivity index (χ3v) is 3.97. The minimum absolute atomic E-state index is 0.0133. The van der Waals surface area contributed by atoms with E-state index >= 15 is 8.78 Å². The van der Waals surface area contributed by atoms with Crippen molar-refractivity contribution in [3.63, 3.8) is 0 Å². The highest BCUT2D eigenvalue weighted by molar-refractivity contribution is 6.02. The molecule has 0 bridgehead atoms. The van der Waals surface area contributed by atoms with E-state index < -0.39 is 17.6 Å². The maximum absolute atomic E-state index is 15.2. The lowest BCUT2D eigenvalue weighted by Gasteiger charge is -2.27. The minimum atomic E-state index is -3.55. The lowest BCUT2D eigenvalue weighted by Crippen LogP contribution is -2.36. The average molecular weight is 322 g/mol. The van der Waals surface area contributed by atoms with Crippen LogP contribution in [0.5, 0.6) is 0 Å². The van der Waals surface area contributed by atoms with Gasteiger partial charge in [0.05, 0.1) is 5.92 Å². The molecule has 0 aliphatic rings. The van der Waals surface area contributed by atoms with Gasteiger partial charge in [0, 0.05) is 5.56 Å². The van der Waals surface area contributed by atoms with Gasteiger partial charge < -0.3 is 0 Å². The molecule has 0 aromatic heterocycles. The van der Waals surface area contributed by atoms with E-state index in [0.717, 1.165) is 0 Å². The van der Waals surface area contributed by atoms with Crippen molar-refractivity contribution < 1.29 is 13.6 Å². The quantitative estimate of drug-likeness (QED) is 0.580. The molecule has 120 valence electrons. The highest BCUT2D eigenvalue weighted by Crippen LogP contribution is 2.41. The third kappa shape index (κ3) is 3.11. The third-order valence-electron chi connectivity index (χ3n) is 3.97. The first-order valence-corrected chi connectivity index (χ1v) is 7.68. The Morgan fingerprint density at radius 3 is 1.46 bits per heavy atom. The topological polar surface area (TPSA) is 17.1 Å². The molecule has 0 heterocycles. The molecule has 0 saturated carbocycles. The molecular formula is C21H16F2O. The second-order valence-electron chi connectivity index (χ2n) is 5.57. The molecular weight excluding hydrogens is 306 g/mol. The van der Waals surface area contributed by atoms with Crippen LogP contribution >= 0.6 is 0 Å². The Kier molecular flexibility index (Phi) is 4.52. The fraction of sp³-hybridized carbons (Fsp3) is 0.0952. The Morgan fingerprint density at radius 2 is 1.04 bits per heavy atom. The Hall–Kier alpha value is -2.81. The minimum Gasteiger partial charge on any atom is -0.287 e. The zero-order valence-electron chi connectivity index (χ0n) is 12.9. The summed E-state index contributed by atoms with van der Waals surface area (Å²) in [4.78, 5) is 12.5. The zero-order chi connectivity index (χ0) is 17.0. The number of hydrogen-bond donors (Lipinski definition) is 0. The van der Waals surface area contributed by atoms with E-state index in [1.54, 1.807) is 78.9 Å². The highest BCUT2D eigenvalue weighted by atomic mass is 19.3. The summed E-state index contributed by atoms with van der Waals surface area (Å²) < 4.78 is 30.4. The van der Waals surface area contributed by atoms with Gasteiger partial charge in [-0.3, -0.25) is 4.79 Å². The van der Waals surface area contributed by atoms with Crippen molar-refractivity contribution in [3.05, 3.63) is 108 Å². The number of hydrogen-bond acceptors (Lipinski definition) is 1. The number of halogens is 2. The van der Waals surface area contributed by atoms with Crippen LogP contribution in [0.15, 0.2) is 91.0 Å². The fourth-order valence-corrected chi connectivity index (χ4v) is 2.82. The molecule has 1 nitrogen and oxygen atoms in total. The van der Waals surface area contributed by atoms with Crippen LogP contribution in [0.25, 0.3) is 0 Å². The Balaban J connectivity index is 2.09. The molecule has 3 aromatic carbocycles. The summed E-state index contributed by atoms with van der Waals surface area (Å²) in [5, 5.41) is 0. The van der Waals surface area contributed by atoms with Gasteiger partial charge in [-0.25, -0.2) is 0 Å². The number of carbonyl (C=O) groups excluding carboxylic acids is 1. The maximum atomic E-state index is 15.2. The number of rotatable bonds is 5. The molecule has 0 aliphatic carbocycles. The number of alkyl halides is 2. The molecule has 3 aromatic rings. The summed E-state index contributed by atoms with van der Waals surface area (Å²) in [6.07, 6.45) is 0. The van der Waals surface area contributed by atoms with Crippen molar-refractivity contribution in [2.24, 2.45) is 0 Å². The second-order valence-corrected chi connectivity index (χ2v) is 5.57.